The molecule has 0 amide bonds. The van der Waals surface area contributed by atoms with E-state index in [0.717, 1.165) is 6.42 Å². The Hall–Kier alpha value is -1.29. The van der Waals surface area contributed by atoms with Crippen molar-refractivity contribution < 1.29 is 0 Å². The van der Waals surface area contributed by atoms with Crippen LogP contribution in [-0.2, 0) is 10.8 Å². The van der Waals surface area contributed by atoms with Gasteiger partial charge in [-0.05, 0) is 53.4 Å². The summed E-state index contributed by atoms with van der Waals surface area (Å²) in [6.45, 7) is 15.4. The van der Waals surface area contributed by atoms with E-state index in [1.807, 2.05) is 0 Å². The first-order valence-electron chi connectivity index (χ1n) is 7.09. The number of nitrogens with zero attached hydrogens (tertiary/aromatic N) is 1. The number of aryl methyl sites for hydroxylation is 2. The number of nitriles is 1. The van der Waals surface area contributed by atoms with Gasteiger partial charge in [0.25, 0.3) is 0 Å². The molecule has 1 aliphatic rings. The first-order chi connectivity index (χ1) is 8.55. The van der Waals surface area contributed by atoms with Crippen molar-refractivity contribution >= 4 is 0 Å². The summed E-state index contributed by atoms with van der Waals surface area (Å²) < 4.78 is 0. The molecule has 1 heteroatoms. The van der Waals surface area contributed by atoms with Gasteiger partial charge in [0, 0.05) is 0 Å². The van der Waals surface area contributed by atoms with Crippen LogP contribution in [0.4, 0.5) is 0 Å². The topological polar surface area (TPSA) is 23.8 Å². The van der Waals surface area contributed by atoms with Crippen LogP contribution < -0.4 is 0 Å². The van der Waals surface area contributed by atoms with E-state index in [1.54, 1.807) is 0 Å². The van der Waals surface area contributed by atoms with Gasteiger partial charge in [0.05, 0.1) is 11.5 Å². The summed E-state index contributed by atoms with van der Waals surface area (Å²) in [7, 11) is 0. The Bertz CT molecular complexity index is 543. The highest BCUT2D eigenvalue weighted by Crippen LogP contribution is 2.65. The minimum atomic E-state index is -0.266. The number of benzene rings is 1. The van der Waals surface area contributed by atoms with Gasteiger partial charge in [0.1, 0.15) is 0 Å². The second kappa shape index (κ2) is 3.85. The van der Waals surface area contributed by atoms with Crippen LogP contribution in [0.2, 0.25) is 0 Å². The average Bonchev–Trinajstić information content (AvgIpc) is 2.79. The molecule has 1 nitrogen and oxygen atoms in total. The molecule has 0 aliphatic heterocycles. The van der Waals surface area contributed by atoms with Crippen molar-refractivity contribution in [3.05, 3.63) is 34.4 Å². The van der Waals surface area contributed by atoms with E-state index in [0.29, 0.717) is 0 Å². The van der Waals surface area contributed by atoms with E-state index in [4.69, 9.17) is 0 Å². The summed E-state index contributed by atoms with van der Waals surface area (Å²) in [6.07, 6.45) is 0.979. The molecule has 2 rings (SSSR count). The molecule has 1 aromatic carbocycles. The normalized spacial score (nSPS) is 24.9. The first-order valence-corrected chi connectivity index (χ1v) is 7.09. The van der Waals surface area contributed by atoms with Crippen LogP contribution in [-0.4, -0.2) is 0 Å². The van der Waals surface area contributed by atoms with Gasteiger partial charge in [-0.2, -0.15) is 5.26 Å². The van der Waals surface area contributed by atoms with Crippen LogP contribution in [0.1, 0.15) is 63.3 Å². The lowest BCUT2D eigenvalue weighted by atomic mass is 9.78. The minimum Gasteiger partial charge on any atom is -0.197 e. The maximum Gasteiger partial charge on any atom is 0.0884 e. The van der Waals surface area contributed by atoms with Gasteiger partial charge in [-0.3, -0.25) is 0 Å². The van der Waals surface area contributed by atoms with Gasteiger partial charge in [-0.15, -0.1) is 0 Å². The smallest absolute Gasteiger partial charge is 0.0884 e. The van der Waals surface area contributed by atoms with Crippen LogP contribution in [0.15, 0.2) is 12.1 Å². The molecule has 0 saturated heterocycles. The van der Waals surface area contributed by atoms with Crippen molar-refractivity contribution in [3.63, 3.8) is 0 Å². The molecule has 0 bridgehead atoms. The van der Waals surface area contributed by atoms with Gasteiger partial charge in [0.2, 0.25) is 0 Å². The zero-order valence-corrected chi connectivity index (χ0v) is 13.3. The number of hydrogen-bond acceptors (Lipinski definition) is 1. The third-order valence-corrected chi connectivity index (χ3v) is 4.75. The SMILES string of the molecule is Cc1cc(C(C)(C)C)cc(C)c1C1(C#N)CC1(C)C. The number of hydrogen-bond donors (Lipinski definition) is 0. The van der Waals surface area contributed by atoms with E-state index >= 15 is 0 Å². The number of rotatable bonds is 1. The maximum atomic E-state index is 9.67. The molecule has 1 saturated carbocycles. The zero-order valence-electron chi connectivity index (χ0n) is 13.3. The van der Waals surface area contributed by atoms with Crippen molar-refractivity contribution in [2.75, 3.05) is 0 Å². The highest BCUT2D eigenvalue weighted by Gasteiger charge is 2.64. The quantitative estimate of drug-likeness (QED) is 0.707. The standard InChI is InChI=1S/C18H25N/c1-12-8-14(16(3,4)5)9-13(2)15(12)18(11-19)10-17(18,6)7/h8-9H,10H2,1-7H3. The lowest BCUT2D eigenvalue weighted by Gasteiger charge is -2.25. The Morgan fingerprint density at radius 2 is 1.53 bits per heavy atom. The zero-order chi connectivity index (χ0) is 14.6. The molecule has 0 aromatic heterocycles. The maximum absolute atomic E-state index is 9.67. The monoisotopic (exact) mass is 255 g/mol. The van der Waals surface area contributed by atoms with Crippen molar-refractivity contribution in [1.82, 2.24) is 0 Å². The molecule has 1 fully saturated rings. The van der Waals surface area contributed by atoms with Crippen LogP contribution >= 0.6 is 0 Å². The summed E-state index contributed by atoms with van der Waals surface area (Å²) in [6, 6.07) is 7.15. The molecule has 1 aliphatic carbocycles. The van der Waals surface area contributed by atoms with Gasteiger partial charge in [0.15, 0.2) is 0 Å². The van der Waals surface area contributed by atoms with Gasteiger partial charge >= 0.3 is 0 Å². The summed E-state index contributed by atoms with van der Waals surface area (Å²) in [4.78, 5) is 0. The Balaban J connectivity index is 2.61. The molecule has 0 radical (unpaired) electrons. The third-order valence-electron chi connectivity index (χ3n) is 4.75. The fourth-order valence-electron chi connectivity index (χ4n) is 3.36. The first kappa shape index (κ1) is 14.1. The molecule has 19 heavy (non-hydrogen) atoms. The van der Waals surface area contributed by atoms with Crippen LogP contribution in [0.5, 0.6) is 0 Å². The molecular formula is C18H25N. The van der Waals surface area contributed by atoms with Crippen molar-refractivity contribution in [2.24, 2.45) is 5.41 Å². The van der Waals surface area contributed by atoms with E-state index < -0.39 is 0 Å². The van der Waals surface area contributed by atoms with E-state index in [9.17, 15) is 5.26 Å². The molecule has 1 aromatic rings. The molecule has 0 N–H and O–H groups in total. The molecule has 102 valence electrons. The predicted octanol–water partition coefficient (Wildman–Crippen LogP) is 4.79. The summed E-state index contributed by atoms with van der Waals surface area (Å²) >= 11 is 0. The fourth-order valence-corrected chi connectivity index (χ4v) is 3.36. The Morgan fingerprint density at radius 3 is 1.79 bits per heavy atom. The summed E-state index contributed by atoms with van der Waals surface area (Å²) in [5, 5.41) is 9.67. The van der Waals surface area contributed by atoms with E-state index in [1.165, 1.54) is 22.3 Å². The summed E-state index contributed by atoms with van der Waals surface area (Å²) in [5.41, 5.74) is 5.19. The summed E-state index contributed by atoms with van der Waals surface area (Å²) in [5.74, 6) is 0. The molecule has 0 spiro atoms. The molecular weight excluding hydrogens is 230 g/mol. The van der Waals surface area contributed by atoms with Crippen LogP contribution in [0.3, 0.4) is 0 Å². The van der Waals surface area contributed by atoms with Gasteiger partial charge in [-0.1, -0.05) is 46.8 Å². The largest absolute Gasteiger partial charge is 0.197 e. The Kier molecular flexibility index (Phi) is 2.87. The van der Waals surface area contributed by atoms with Gasteiger partial charge in [-0.25, -0.2) is 0 Å². The average molecular weight is 255 g/mol. The van der Waals surface area contributed by atoms with Crippen molar-refractivity contribution in [2.45, 2.75) is 65.7 Å². The second-order valence-electron chi connectivity index (χ2n) is 7.81. The van der Waals surface area contributed by atoms with E-state index in [2.05, 4.69) is 66.7 Å². The molecule has 1 unspecified atom stereocenters. The van der Waals surface area contributed by atoms with Crippen LogP contribution in [0, 0.1) is 30.6 Å². The predicted molar refractivity (Wildman–Crippen MR) is 80.3 cm³/mol. The van der Waals surface area contributed by atoms with Crippen molar-refractivity contribution in [1.29, 1.82) is 5.26 Å². The Morgan fingerprint density at radius 1 is 1.11 bits per heavy atom. The van der Waals surface area contributed by atoms with Gasteiger partial charge < -0.3 is 0 Å². The minimum absolute atomic E-state index is 0.112. The highest BCUT2D eigenvalue weighted by atomic mass is 14.7. The molecule has 0 heterocycles. The van der Waals surface area contributed by atoms with Crippen molar-refractivity contribution in [3.8, 4) is 6.07 Å². The molecule has 1 atom stereocenters. The van der Waals surface area contributed by atoms with E-state index in [-0.39, 0.29) is 16.2 Å². The Labute approximate surface area is 117 Å². The highest BCUT2D eigenvalue weighted by molar-refractivity contribution is 5.54. The van der Waals surface area contributed by atoms with Crippen LogP contribution in [0.25, 0.3) is 0 Å². The lowest BCUT2D eigenvalue weighted by Crippen LogP contribution is -2.18. The second-order valence-corrected chi connectivity index (χ2v) is 7.81. The third kappa shape index (κ3) is 1.98. The fraction of sp³-hybridized carbons (Fsp3) is 0.611. The lowest BCUT2D eigenvalue weighted by molar-refractivity contribution is 0.563.